The van der Waals surface area contributed by atoms with Crippen molar-refractivity contribution in [3.05, 3.63) is 0 Å². The summed E-state index contributed by atoms with van der Waals surface area (Å²) < 4.78 is 0. The number of rotatable bonds is 17. The molecule has 31 heavy (non-hydrogen) atoms. The summed E-state index contributed by atoms with van der Waals surface area (Å²) in [4.78, 5) is 0. The molecule has 0 aromatic rings. The first-order chi connectivity index (χ1) is 14.4. The lowest BCUT2D eigenvalue weighted by Gasteiger charge is -2.46. The molecular formula is C31H62. The van der Waals surface area contributed by atoms with Gasteiger partial charge in [0.05, 0.1) is 0 Å². The molecule has 0 spiro atoms. The van der Waals surface area contributed by atoms with Gasteiger partial charge in [-0.15, -0.1) is 0 Å². The Hall–Kier alpha value is 0. The largest absolute Gasteiger partial charge is 0.0654 e. The Morgan fingerprint density at radius 2 is 1.39 bits per heavy atom. The van der Waals surface area contributed by atoms with Gasteiger partial charge in [-0.3, -0.25) is 0 Å². The van der Waals surface area contributed by atoms with Crippen LogP contribution >= 0.6 is 0 Å². The molecule has 0 amide bonds. The Kier molecular flexibility index (Phi) is 12.2. The monoisotopic (exact) mass is 434 g/mol. The van der Waals surface area contributed by atoms with E-state index in [1.165, 1.54) is 89.9 Å². The summed E-state index contributed by atoms with van der Waals surface area (Å²) in [7, 11) is 0. The number of hydrogen-bond donors (Lipinski definition) is 0. The average molecular weight is 435 g/mol. The van der Waals surface area contributed by atoms with Crippen LogP contribution in [-0.2, 0) is 0 Å². The van der Waals surface area contributed by atoms with Crippen molar-refractivity contribution in [1.82, 2.24) is 0 Å². The van der Waals surface area contributed by atoms with Crippen LogP contribution in [0.5, 0.6) is 0 Å². The lowest BCUT2D eigenvalue weighted by atomic mass is 9.60. The van der Waals surface area contributed by atoms with Gasteiger partial charge in [-0.2, -0.15) is 0 Å². The van der Waals surface area contributed by atoms with E-state index in [2.05, 4.69) is 69.2 Å². The molecule has 0 heterocycles. The maximum Gasteiger partial charge on any atom is -0.0321 e. The lowest BCUT2D eigenvalue weighted by molar-refractivity contribution is 0.0441. The summed E-state index contributed by atoms with van der Waals surface area (Å²) in [5.74, 6) is 3.71. The van der Waals surface area contributed by atoms with E-state index in [0.29, 0.717) is 16.2 Å². The summed E-state index contributed by atoms with van der Waals surface area (Å²) in [6.07, 6.45) is 19.9. The minimum atomic E-state index is 0.485. The van der Waals surface area contributed by atoms with Crippen LogP contribution in [0.4, 0.5) is 0 Å². The summed E-state index contributed by atoms with van der Waals surface area (Å²) in [6.45, 7) is 24.9. The van der Waals surface area contributed by atoms with Crippen LogP contribution in [0.1, 0.15) is 159 Å². The van der Waals surface area contributed by atoms with E-state index >= 15 is 0 Å². The maximum atomic E-state index is 2.63. The predicted molar refractivity (Wildman–Crippen MR) is 143 cm³/mol. The van der Waals surface area contributed by atoms with Crippen LogP contribution in [-0.4, -0.2) is 0 Å². The van der Waals surface area contributed by atoms with E-state index in [-0.39, 0.29) is 0 Å². The quantitative estimate of drug-likeness (QED) is 0.200. The molecule has 1 aliphatic rings. The van der Waals surface area contributed by atoms with Crippen molar-refractivity contribution in [2.24, 2.45) is 39.9 Å². The van der Waals surface area contributed by atoms with Crippen LogP contribution in [0, 0.1) is 39.9 Å². The lowest BCUT2D eigenvalue weighted by Crippen LogP contribution is -2.36. The Morgan fingerprint density at radius 3 is 1.87 bits per heavy atom. The molecule has 1 fully saturated rings. The molecule has 0 N–H and O–H groups in total. The average Bonchev–Trinajstić information content (AvgIpc) is 2.65. The second-order valence-corrected chi connectivity index (χ2v) is 13.9. The van der Waals surface area contributed by atoms with Gasteiger partial charge in [-0.1, -0.05) is 121 Å². The van der Waals surface area contributed by atoms with Crippen molar-refractivity contribution in [1.29, 1.82) is 0 Å². The molecule has 0 heteroatoms. The maximum absolute atomic E-state index is 2.63. The topological polar surface area (TPSA) is 0 Å². The SMILES string of the molecule is CCCCC(C)(CCCC(CC)C(C)C)CC(C)(C)CCCCC(C)(C)C1CCC1C. The highest BCUT2D eigenvalue weighted by atomic mass is 14.4. The van der Waals surface area contributed by atoms with E-state index < -0.39 is 0 Å². The predicted octanol–water partition coefficient (Wildman–Crippen LogP) is 11.1. The number of unbranched alkanes of at least 4 members (excludes halogenated alkanes) is 2. The molecule has 0 aliphatic heterocycles. The van der Waals surface area contributed by atoms with E-state index in [1.807, 2.05) is 0 Å². The van der Waals surface area contributed by atoms with Crippen LogP contribution in [0.3, 0.4) is 0 Å². The standard InChI is InChI=1S/C31H62/c1-11-13-22-31(10,23-16-17-27(12-2)25(3)4)24-29(6,7)20-14-15-21-30(8,9)28-19-18-26(28)5/h25-28H,11-24H2,1-10H3. The zero-order valence-electron chi connectivity index (χ0n) is 23.7. The zero-order valence-corrected chi connectivity index (χ0v) is 23.7. The molecule has 0 radical (unpaired) electrons. The molecule has 4 atom stereocenters. The van der Waals surface area contributed by atoms with Crippen molar-refractivity contribution < 1.29 is 0 Å². The highest BCUT2D eigenvalue weighted by Gasteiger charge is 2.39. The van der Waals surface area contributed by atoms with Gasteiger partial charge < -0.3 is 0 Å². The molecule has 0 saturated heterocycles. The molecule has 1 rings (SSSR count). The second-order valence-electron chi connectivity index (χ2n) is 13.9. The first kappa shape index (κ1) is 29.0. The molecule has 0 aromatic heterocycles. The highest BCUT2D eigenvalue weighted by molar-refractivity contribution is 4.89. The van der Waals surface area contributed by atoms with Crippen molar-refractivity contribution in [2.75, 3.05) is 0 Å². The first-order valence-corrected chi connectivity index (χ1v) is 14.4. The Morgan fingerprint density at radius 1 is 0.774 bits per heavy atom. The van der Waals surface area contributed by atoms with Crippen LogP contribution in [0.15, 0.2) is 0 Å². The summed E-state index contributed by atoms with van der Waals surface area (Å²) >= 11 is 0. The zero-order chi connectivity index (χ0) is 23.7. The van der Waals surface area contributed by atoms with Crippen LogP contribution in [0.25, 0.3) is 0 Å². The van der Waals surface area contributed by atoms with E-state index in [9.17, 15) is 0 Å². The first-order valence-electron chi connectivity index (χ1n) is 14.4. The molecule has 1 aliphatic carbocycles. The van der Waals surface area contributed by atoms with Gasteiger partial charge in [-0.25, -0.2) is 0 Å². The van der Waals surface area contributed by atoms with Crippen LogP contribution in [0.2, 0.25) is 0 Å². The Bertz CT molecular complexity index is 470. The molecule has 4 unspecified atom stereocenters. The second kappa shape index (κ2) is 13.0. The molecular weight excluding hydrogens is 372 g/mol. The third-order valence-corrected chi connectivity index (χ3v) is 9.41. The van der Waals surface area contributed by atoms with Gasteiger partial charge in [0, 0.05) is 0 Å². The molecule has 1 saturated carbocycles. The minimum absolute atomic E-state index is 0.485. The Labute approximate surface area is 199 Å². The number of hydrogen-bond acceptors (Lipinski definition) is 0. The third kappa shape index (κ3) is 10.2. The van der Waals surface area contributed by atoms with Crippen molar-refractivity contribution in [3.8, 4) is 0 Å². The van der Waals surface area contributed by atoms with Crippen molar-refractivity contribution in [3.63, 3.8) is 0 Å². The highest BCUT2D eigenvalue weighted by Crippen LogP contribution is 2.49. The fraction of sp³-hybridized carbons (Fsp3) is 1.00. The fourth-order valence-corrected chi connectivity index (χ4v) is 7.15. The summed E-state index contributed by atoms with van der Waals surface area (Å²) in [5, 5.41) is 0. The minimum Gasteiger partial charge on any atom is -0.0654 e. The Balaban J connectivity index is 2.51. The molecule has 186 valence electrons. The molecule has 0 nitrogen and oxygen atoms in total. The molecule has 0 aromatic carbocycles. The van der Waals surface area contributed by atoms with Gasteiger partial charge in [-0.05, 0) is 78.4 Å². The summed E-state index contributed by atoms with van der Waals surface area (Å²) in [6, 6.07) is 0. The van der Waals surface area contributed by atoms with Crippen LogP contribution < -0.4 is 0 Å². The van der Waals surface area contributed by atoms with E-state index in [4.69, 9.17) is 0 Å². The normalized spacial score (nSPS) is 22.9. The molecule has 0 bridgehead atoms. The van der Waals surface area contributed by atoms with Crippen molar-refractivity contribution >= 4 is 0 Å². The van der Waals surface area contributed by atoms with E-state index in [1.54, 1.807) is 0 Å². The van der Waals surface area contributed by atoms with Gasteiger partial charge in [0.2, 0.25) is 0 Å². The summed E-state index contributed by atoms with van der Waals surface area (Å²) in [5.41, 5.74) is 1.58. The van der Waals surface area contributed by atoms with Gasteiger partial charge >= 0.3 is 0 Å². The van der Waals surface area contributed by atoms with Gasteiger partial charge in [0.25, 0.3) is 0 Å². The smallest absolute Gasteiger partial charge is 0.0321 e. The van der Waals surface area contributed by atoms with E-state index in [0.717, 1.165) is 23.7 Å². The van der Waals surface area contributed by atoms with Gasteiger partial charge in [0.15, 0.2) is 0 Å². The fourth-order valence-electron chi connectivity index (χ4n) is 7.15. The third-order valence-electron chi connectivity index (χ3n) is 9.41. The van der Waals surface area contributed by atoms with Crippen molar-refractivity contribution in [2.45, 2.75) is 159 Å². The van der Waals surface area contributed by atoms with Gasteiger partial charge in [0.1, 0.15) is 0 Å².